The number of ketones is 1. The summed E-state index contributed by atoms with van der Waals surface area (Å²) in [6, 6.07) is 15.0. The highest BCUT2D eigenvalue weighted by molar-refractivity contribution is 6.03. The second-order valence-electron chi connectivity index (χ2n) is 6.96. The van der Waals surface area contributed by atoms with Gasteiger partial charge in [0.25, 0.3) is 0 Å². The molecule has 4 aromatic rings. The quantitative estimate of drug-likeness (QED) is 0.459. The molecular weight excluding hydrogens is 388 g/mol. The summed E-state index contributed by atoms with van der Waals surface area (Å²) < 4.78 is 33.9. The third-order valence-corrected chi connectivity index (χ3v) is 5.04. The molecule has 0 bridgehead atoms. The summed E-state index contributed by atoms with van der Waals surface area (Å²) in [5.41, 5.74) is 3.28. The first kappa shape index (κ1) is 19.8. The number of halogens is 2. The second kappa shape index (κ2) is 8.08. The number of hydrogen-bond donors (Lipinski definition) is 1. The van der Waals surface area contributed by atoms with E-state index in [1.54, 1.807) is 28.8 Å². The molecule has 4 nitrogen and oxygen atoms in total. The maximum atomic E-state index is 13.4. The molecule has 1 aromatic heterocycles. The Kier molecular flexibility index (Phi) is 5.33. The van der Waals surface area contributed by atoms with Crippen LogP contribution in [0.25, 0.3) is 22.0 Å². The summed E-state index contributed by atoms with van der Waals surface area (Å²) in [6.45, 7) is -0.170. The third-order valence-electron chi connectivity index (χ3n) is 5.04. The van der Waals surface area contributed by atoms with Gasteiger partial charge in [0.05, 0.1) is 25.8 Å². The molecule has 0 radical (unpaired) electrons. The number of methoxy groups -OCH3 is 1. The minimum atomic E-state index is -0.408. The zero-order valence-corrected chi connectivity index (χ0v) is 16.2. The molecule has 152 valence electrons. The number of aromatic nitrogens is 1. The van der Waals surface area contributed by atoms with E-state index in [1.807, 2.05) is 6.20 Å². The van der Waals surface area contributed by atoms with Crippen molar-refractivity contribution in [3.63, 3.8) is 0 Å². The molecule has 4 rings (SSSR count). The lowest BCUT2D eigenvalue weighted by atomic mass is 10.0. The molecule has 6 heteroatoms. The maximum Gasteiger partial charge on any atom is 0.182 e. The number of carbonyl (C=O) groups is 1. The van der Waals surface area contributed by atoms with Gasteiger partial charge in [0.2, 0.25) is 0 Å². The van der Waals surface area contributed by atoms with Crippen LogP contribution in [0.2, 0.25) is 0 Å². The Labute approximate surface area is 172 Å². The molecule has 0 saturated heterocycles. The molecular formula is C24H19F2NO3. The van der Waals surface area contributed by atoms with Crippen molar-refractivity contribution in [1.82, 2.24) is 4.57 Å². The van der Waals surface area contributed by atoms with Crippen LogP contribution in [-0.4, -0.2) is 22.6 Å². The van der Waals surface area contributed by atoms with Crippen molar-refractivity contribution in [2.24, 2.45) is 0 Å². The van der Waals surface area contributed by atoms with Crippen molar-refractivity contribution in [2.45, 2.75) is 13.2 Å². The number of aliphatic hydroxyl groups excluding tert-OH is 1. The molecule has 30 heavy (non-hydrogen) atoms. The summed E-state index contributed by atoms with van der Waals surface area (Å²) >= 11 is 0. The average molecular weight is 407 g/mol. The molecule has 0 aliphatic carbocycles. The van der Waals surface area contributed by atoms with E-state index in [1.165, 1.54) is 43.5 Å². The Hall–Kier alpha value is -3.51. The second-order valence-corrected chi connectivity index (χ2v) is 6.96. The number of aliphatic hydroxyl groups is 1. The number of hydrogen-bond acceptors (Lipinski definition) is 3. The number of nitrogens with zero attached hydrogens (tertiary/aromatic N) is 1. The van der Waals surface area contributed by atoms with Crippen molar-refractivity contribution < 1.29 is 23.4 Å². The van der Waals surface area contributed by atoms with Gasteiger partial charge in [-0.1, -0.05) is 12.1 Å². The first-order chi connectivity index (χ1) is 14.5. The first-order valence-corrected chi connectivity index (χ1v) is 9.35. The van der Waals surface area contributed by atoms with Crippen LogP contribution in [-0.2, 0) is 13.2 Å². The molecule has 0 atom stereocenters. The number of fused-ring (bicyclic) bond motifs is 1. The van der Waals surface area contributed by atoms with Gasteiger partial charge < -0.3 is 14.4 Å². The maximum absolute atomic E-state index is 13.4. The van der Waals surface area contributed by atoms with Gasteiger partial charge in [0.1, 0.15) is 17.4 Å². The molecule has 0 amide bonds. The zero-order chi connectivity index (χ0) is 21.3. The molecule has 1 N–H and O–H groups in total. The summed E-state index contributed by atoms with van der Waals surface area (Å²) in [5, 5.41) is 10.4. The highest BCUT2D eigenvalue weighted by Gasteiger charge is 2.18. The molecule has 0 fully saturated rings. The van der Waals surface area contributed by atoms with E-state index in [0.29, 0.717) is 22.4 Å². The summed E-state index contributed by atoms with van der Waals surface area (Å²) in [5.74, 6) is -0.396. The van der Waals surface area contributed by atoms with Crippen molar-refractivity contribution >= 4 is 16.7 Å². The number of benzene rings is 3. The number of carbonyl (C=O) groups excluding carboxylic acids is 1. The molecule has 3 aromatic carbocycles. The SMILES string of the molecule is COc1cc(CO)cc2c1c(-c1ccc(F)cc1)cn2CC(=O)c1ccc(F)cc1. The van der Waals surface area contributed by atoms with Crippen molar-refractivity contribution in [1.29, 1.82) is 0 Å². The summed E-state index contributed by atoms with van der Waals surface area (Å²) in [4.78, 5) is 12.8. The van der Waals surface area contributed by atoms with Crippen LogP contribution >= 0.6 is 0 Å². The summed E-state index contributed by atoms with van der Waals surface area (Å²) in [6.07, 6.45) is 1.81. The molecule has 0 unspecified atom stereocenters. The van der Waals surface area contributed by atoms with Crippen LogP contribution in [0.4, 0.5) is 8.78 Å². The van der Waals surface area contributed by atoms with Crippen molar-refractivity contribution in [3.05, 3.63) is 89.6 Å². The highest BCUT2D eigenvalue weighted by atomic mass is 19.1. The summed E-state index contributed by atoms with van der Waals surface area (Å²) in [7, 11) is 1.53. The molecule has 0 saturated carbocycles. The van der Waals surface area contributed by atoms with Crippen LogP contribution in [0.1, 0.15) is 15.9 Å². The van der Waals surface area contributed by atoms with Crippen LogP contribution in [0.3, 0.4) is 0 Å². The van der Waals surface area contributed by atoms with Crippen LogP contribution in [0, 0.1) is 11.6 Å². The lowest BCUT2D eigenvalue weighted by molar-refractivity contribution is 0.0973. The van der Waals surface area contributed by atoms with Gasteiger partial charge in [0, 0.05) is 22.7 Å². The Bertz CT molecular complexity index is 1210. The number of rotatable bonds is 6. The minimum absolute atomic E-state index is 0.0152. The zero-order valence-electron chi connectivity index (χ0n) is 16.2. The van der Waals surface area contributed by atoms with Gasteiger partial charge in [-0.15, -0.1) is 0 Å². The Morgan fingerprint density at radius 3 is 2.23 bits per heavy atom. The first-order valence-electron chi connectivity index (χ1n) is 9.35. The lowest BCUT2D eigenvalue weighted by Gasteiger charge is -2.09. The van der Waals surface area contributed by atoms with Crippen LogP contribution in [0.5, 0.6) is 5.75 Å². The fraction of sp³-hybridized carbons (Fsp3) is 0.125. The van der Waals surface area contributed by atoms with E-state index in [9.17, 15) is 18.7 Å². The fourth-order valence-corrected chi connectivity index (χ4v) is 3.56. The monoisotopic (exact) mass is 407 g/mol. The van der Waals surface area contributed by atoms with Gasteiger partial charge in [-0.3, -0.25) is 4.79 Å². The Morgan fingerprint density at radius 1 is 1.00 bits per heavy atom. The van der Waals surface area contributed by atoms with Crippen molar-refractivity contribution in [2.75, 3.05) is 7.11 Å². The van der Waals surface area contributed by atoms with E-state index in [-0.39, 0.29) is 24.8 Å². The topological polar surface area (TPSA) is 51.5 Å². The van der Waals surface area contributed by atoms with Crippen LogP contribution < -0.4 is 4.74 Å². The van der Waals surface area contributed by atoms with E-state index in [2.05, 4.69) is 0 Å². The average Bonchev–Trinajstić information content (AvgIpc) is 3.12. The van der Waals surface area contributed by atoms with E-state index in [0.717, 1.165) is 16.5 Å². The lowest BCUT2D eigenvalue weighted by Crippen LogP contribution is -2.09. The molecule has 0 aliphatic rings. The molecule has 1 heterocycles. The Balaban J connectivity index is 1.87. The van der Waals surface area contributed by atoms with Crippen molar-refractivity contribution in [3.8, 4) is 16.9 Å². The number of Topliss-reactive ketones (excluding diaryl/α,β-unsaturated/α-hetero) is 1. The molecule has 0 aliphatic heterocycles. The van der Waals surface area contributed by atoms with E-state index in [4.69, 9.17) is 4.74 Å². The predicted molar refractivity (Wildman–Crippen MR) is 111 cm³/mol. The minimum Gasteiger partial charge on any atom is -0.496 e. The largest absolute Gasteiger partial charge is 0.496 e. The van der Waals surface area contributed by atoms with E-state index < -0.39 is 5.82 Å². The third kappa shape index (κ3) is 3.69. The van der Waals surface area contributed by atoms with Gasteiger partial charge in [-0.2, -0.15) is 0 Å². The highest BCUT2D eigenvalue weighted by Crippen LogP contribution is 2.38. The van der Waals surface area contributed by atoms with Gasteiger partial charge in [0.15, 0.2) is 5.78 Å². The van der Waals surface area contributed by atoms with Gasteiger partial charge >= 0.3 is 0 Å². The van der Waals surface area contributed by atoms with Crippen LogP contribution in [0.15, 0.2) is 66.9 Å². The number of ether oxygens (including phenoxy) is 1. The van der Waals surface area contributed by atoms with Gasteiger partial charge in [-0.05, 0) is 59.7 Å². The predicted octanol–water partition coefficient (Wildman–Crippen LogP) is 4.97. The molecule has 0 spiro atoms. The Morgan fingerprint density at radius 2 is 1.63 bits per heavy atom. The standard InChI is InChI=1S/C24H19F2NO3/c1-30-23-11-15(14-28)10-21-24(23)20(16-2-6-18(25)7-3-16)12-27(21)13-22(29)17-4-8-19(26)9-5-17/h2-12,28H,13-14H2,1H3. The normalized spacial score (nSPS) is 11.1. The van der Waals surface area contributed by atoms with E-state index >= 15 is 0 Å². The smallest absolute Gasteiger partial charge is 0.182 e. The van der Waals surface area contributed by atoms with Gasteiger partial charge in [-0.25, -0.2) is 8.78 Å². The fourth-order valence-electron chi connectivity index (χ4n) is 3.56.